The summed E-state index contributed by atoms with van der Waals surface area (Å²) in [7, 11) is -3.62. The van der Waals surface area contributed by atoms with Crippen LogP contribution in [0.4, 0.5) is 5.69 Å². The van der Waals surface area contributed by atoms with Gasteiger partial charge >= 0.3 is 0 Å². The first-order chi connectivity index (χ1) is 9.47. The third kappa shape index (κ3) is 3.69. The second-order valence-corrected chi connectivity index (χ2v) is 6.00. The van der Waals surface area contributed by atoms with Crippen LogP contribution < -0.4 is 10.0 Å². The van der Waals surface area contributed by atoms with Gasteiger partial charge in [0.1, 0.15) is 0 Å². The van der Waals surface area contributed by atoms with E-state index >= 15 is 0 Å². The zero-order chi connectivity index (χ0) is 14.6. The van der Waals surface area contributed by atoms with Gasteiger partial charge < -0.3 is 10.3 Å². The zero-order valence-electron chi connectivity index (χ0n) is 10.9. The molecule has 0 radical (unpaired) electrons. The third-order valence-corrected chi connectivity index (χ3v) is 3.98. The molecule has 1 aromatic carbocycles. The molecule has 7 heteroatoms. The Morgan fingerprint density at radius 1 is 1.25 bits per heavy atom. The molecule has 3 N–H and O–H groups in total. The van der Waals surface area contributed by atoms with Gasteiger partial charge in [-0.05, 0) is 30.3 Å². The number of amides is 1. The fraction of sp³-hybridized carbons (Fsp3) is 0.154. The first kappa shape index (κ1) is 14.3. The fourth-order valence-corrected chi connectivity index (χ4v) is 2.73. The summed E-state index contributed by atoms with van der Waals surface area (Å²) >= 11 is 0. The summed E-state index contributed by atoms with van der Waals surface area (Å²) < 4.78 is 26.7. The van der Waals surface area contributed by atoms with E-state index in [0.717, 1.165) is 5.69 Å². The van der Waals surface area contributed by atoms with Crippen LogP contribution in [-0.2, 0) is 21.4 Å². The van der Waals surface area contributed by atoms with Gasteiger partial charge in [-0.25, -0.2) is 13.1 Å². The van der Waals surface area contributed by atoms with Crippen LogP contribution in [0.1, 0.15) is 12.6 Å². The predicted octanol–water partition coefficient (Wildman–Crippen LogP) is 1.45. The molecule has 6 nitrogen and oxygen atoms in total. The summed E-state index contributed by atoms with van der Waals surface area (Å²) in [4.78, 5) is 14.0. The maximum absolute atomic E-state index is 12.1. The van der Waals surface area contributed by atoms with Crippen molar-refractivity contribution in [1.29, 1.82) is 0 Å². The fourth-order valence-electron chi connectivity index (χ4n) is 1.68. The summed E-state index contributed by atoms with van der Waals surface area (Å²) in [5.41, 5.74) is 1.21. The van der Waals surface area contributed by atoms with E-state index in [0.29, 0.717) is 5.69 Å². The Labute approximate surface area is 117 Å². The van der Waals surface area contributed by atoms with Crippen molar-refractivity contribution in [2.24, 2.45) is 0 Å². The van der Waals surface area contributed by atoms with Gasteiger partial charge in [-0.1, -0.05) is 6.07 Å². The minimum atomic E-state index is -3.62. The number of aromatic nitrogens is 1. The molecule has 0 aliphatic carbocycles. The lowest BCUT2D eigenvalue weighted by Gasteiger charge is -2.08. The van der Waals surface area contributed by atoms with Crippen molar-refractivity contribution in [2.75, 3.05) is 5.32 Å². The van der Waals surface area contributed by atoms with E-state index in [1.807, 2.05) is 0 Å². The highest BCUT2D eigenvalue weighted by molar-refractivity contribution is 7.89. The largest absolute Gasteiger partial charge is 0.364 e. The first-order valence-corrected chi connectivity index (χ1v) is 7.45. The average Bonchev–Trinajstić information content (AvgIpc) is 2.89. The van der Waals surface area contributed by atoms with E-state index in [-0.39, 0.29) is 17.3 Å². The molecule has 2 aromatic rings. The van der Waals surface area contributed by atoms with Crippen LogP contribution in [0.5, 0.6) is 0 Å². The van der Waals surface area contributed by atoms with Crippen molar-refractivity contribution < 1.29 is 13.2 Å². The van der Waals surface area contributed by atoms with Crippen molar-refractivity contribution in [3.8, 4) is 0 Å². The molecule has 0 saturated carbocycles. The molecule has 0 spiro atoms. The zero-order valence-corrected chi connectivity index (χ0v) is 11.7. The number of hydrogen-bond acceptors (Lipinski definition) is 3. The number of hydrogen-bond donors (Lipinski definition) is 3. The lowest BCUT2D eigenvalue weighted by Crippen LogP contribution is -2.23. The normalized spacial score (nSPS) is 11.2. The molecule has 2 rings (SSSR count). The molecule has 20 heavy (non-hydrogen) atoms. The quantitative estimate of drug-likeness (QED) is 0.779. The van der Waals surface area contributed by atoms with Gasteiger partial charge in [0.15, 0.2) is 0 Å². The Kier molecular flexibility index (Phi) is 4.21. The van der Waals surface area contributed by atoms with Crippen LogP contribution in [-0.4, -0.2) is 19.3 Å². The highest BCUT2D eigenvalue weighted by atomic mass is 32.2. The Bertz CT molecular complexity index is 693. The van der Waals surface area contributed by atoms with Gasteiger partial charge in [0.25, 0.3) is 0 Å². The number of carbonyl (C=O) groups excluding carboxylic acids is 1. The van der Waals surface area contributed by atoms with Gasteiger partial charge in [-0.2, -0.15) is 0 Å². The van der Waals surface area contributed by atoms with E-state index in [1.54, 1.807) is 30.5 Å². The number of H-pyrrole nitrogens is 1. The Morgan fingerprint density at radius 2 is 2.05 bits per heavy atom. The van der Waals surface area contributed by atoms with Gasteiger partial charge in [-0.3, -0.25) is 4.79 Å². The molecule has 0 atom stereocenters. The molecule has 106 valence electrons. The van der Waals surface area contributed by atoms with Crippen LogP contribution in [0.25, 0.3) is 0 Å². The van der Waals surface area contributed by atoms with Crippen LogP contribution in [0.2, 0.25) is 0 Å². The third-order valence-electron chi connectivity index (χ3n) is 2.58. The molecular formula is C13H15N3O3S. The van der Waals surface area contributed by atoms with E-state index < -0.39 is 10.0 Å². The molecule has 0 saturated heterocycles. The van der Waals surface area contributed by atoms with Crippen molar-refractivity contribution in [3.63, 3.8) is 0 Å². The van der Waals surface area contributed by atoms with E-state index in [2.05, 4.69) is 15.0 Å². The van der Waals surface area contributed by atoms with Crippen molar-refractivity contribution in [3.05, 3.63) is 48.3 Å². The van der Waals surface area contributed by atoms with Gasteiger partial charge in [-0.15, -0.1) is 0 Å². The van der Waals surface area contributed by atoms with Crippen LogP contribution in [0.3, 0.4) is 0 Å². The minimum Gasteiger partial charge on any atom is -0.364 e. The van der Waals surface area contributed by atoms with Crippen LogP contribution in [0.15, 0.2) is 47.5 Å². The van der Waals surface area contributed by atoms with Crippen LogP contribution >= 0.6 is 0 Å². The standard InChI is InChI=1S/C13H15N3O3S/c1-10(17)16-11-4-2-6-13(8-11)20(18,19)15-9-12-5-3-7-14-12/h2-8,14-15H,9H2,1H3,(H,16,17). The maximum atomic E-state index is 12.1. The van der Waals surface area contributed by atoms with Crippen molar-refractivity contribution in [1.82, 2.24) is 9.71 Å². The number of aromatic amines is 1. The molecule has 1 aromatic heterocycles. The number of anilines is 1. The Morgan fingerprint density at radius 3 is 2.70 bits per heavy atom. The molecule has 0 aliphatic rings. The van der Waals surface area contributed by atoms with E-state index in [1.165, 1.54) is 19.1 Å². The average molecular weight is 293 g/mol. The first-order valence-electron chi connectivity index (χ1n) is 5.97. The number of carbonyl (C=O) groups is 1. The summed E-state index contributed by atoms with van der Waals surface area (Å²) in [5, 5.41) is 2.55. The molecular weight excluding hydrogens is 278 g/mol. The number of rotatable bonds is 5. The minimum absolute atomic E-state index is 0.107. The summed E-state index contributed by atoms with van der Waals surface area (Å²) in [5.74, 6) is -0.251. The summed E-state index contributed by atoms with van der Waals surface area (Å²) in [6.07, 6.45) is 1.72. The predicted molar refractivity (Wildman–Crippen MR) is 75.6 cm³/mol. The SMILES string of the molecule is CC(=O)Nc1cccc(S(=O)(=O)NCc2ccc[nH]2)c1. The number of benzene rings is 1. The molecule has 1 heterocycles. The molecule has 0 bridgehead atoms. The monoisotopic (exact) mass is 293 g/mol. The van der Waals surface area contributed by atoms with Crippen LogP contribution in [0, 0.1) is 0 Å². The number of sulfonamides is 1. The molecule has 0 unspecified atom stereocenters. The summed E-state index contributed by atoms with van der Waals surface area (Å²) in [6.45, 7) is 1.55. The Balaban J connectivity index is 2.14. The van der Waals surface area contributed by atoms with E-state index in [4.69, 9.17) is 0 Å². The van der Waals surface area contributed by atoms with Gasteiger partial charge in [0.2, 0.25) is 15.9 Å². The summed E-state index contributed by atoms with van der Waals surface area (Å²) in [6, 6.07) is 9.68. The van der Waals surface area contributed by atoms with E-state index in [9.17, 15) is 13.2 Å². The Hall–Kier alpha value is -2.12. The lowest BCUT2D eigenvalue weighted by atomic mass is 10.3. The van der Waals surface area contributed by atoms with Gasteiger partial charge in [0.05, 0.1) is 11.4 Å². The molecule has 0 fully saturated rings. The maximum Gasteiger partial charge on any atom is 0.240 e. The number of nitrogens with one attached hydrogen (secondary N) is 3. The smallest absolute Gasteiger partial charge is 0.240 e. The highest BCUT2D eigenvalue weighted by Crippen LogP contribution is 2.15. The van der Waals surface area contributed by atoms with Crippen molar-refractivity contribution in [2.45, 2.75) is 18.4 Å². The molecule has 1 amide bonds. The second-order valence-electron chi connectivity index (χ2n) is 4.23. The topological polar surface area (TPSA) is 91.1 Å². The molecule has 0 aliphatic heterocycles. The highest BCUT2D eigenvalue weighted by Gasteiger charge is 2.14. The van der Waals surface area contributed by atoms with Crippen molar-refractivity contribution >= 4 is 21.6 Å². The van der Waals surface area contributed by atoms with Gasteiger partial charge in [0, 0.05) is 24.5 Å². The lowest BCUT2D eigenvalue weighted by molar-refractivity contribution is -0.114. The second kappa shape index (κ2) is 5.89.